The number of carboxylic acid groups (broad SMARTS) is 1. The Bertz CT molecular complexity index is 1020. The number of fused-ring (bicyclic) bond motifs is 1. The second-order valence-electron chi connectivity index (χ2n) is 7.26. The lowest BCUT2D eigenvalue weighted by atomic mass is 9.93. The molecule has 0 radical (unpaired) electrons. The van der Waals surface area contributed by atoms with Crippen molar-refractivity contribution < 1.29 is 9.90 Å². The smallest absolute Gasteiger partial charge is 0.307 e. The zero-order chi connectivity index (χ0) is 19.8. The van der Waals surface area contributed by atoms with Gasteiger partial charge >= 0.3 is 5.97 Å². The standard InChI is InChI=1S/C21H22ClN3O2S/c1-13-11-17-20(28-21(23-17)25-9-7-24(2)8-10-25)19(16(13)12-18(26)27)14-3-5-15(22)6-4-14/h3-6,11H,7-10,12H2,1-2H3,(H,26,27). The second-order valence-corrected chi connectivity index (χ2v) is 8.67. The second kappa shape index (κ2) is 7.70. The van der Waals surface area contributed by atoms with Gasteiger partial charge in [-0.15, -0.1) is 0 Å². The summed E-state index contributed by atoms with van der Waals surface area (Å²) in [7, 11) is 2.13. The fourth-order valence-electron chi connectivity index (χ4n) is 3.66. The molecule has 4 rings (SSSR count). The van der Waals surface area contributed by atoms with Crippen LogP contribution in [0.4, 0.5) is 5.13 Å². The maximum atomic E-state index is 11.5. The van der Waals surface area contributed by atoms with Crippen LogP contribution in [0.25, 0.3) is 21.3 Å². The lowest BCUT2D eigenvalue weighted by Gasteiger charge is -2.32. The van der Waals surface area contributed by atoms with E-state index in [1.165, 1.54) is 0 Å². The number of likely N-dealkylation sites (N-methyl/N-ethyl adjacent to an activating group) is 1. The van der Waals surface area contributed by atoms with Gasteiger partial charge in [0.2, 0.25) is 0 Å². The highest BCUT2D eigenvalue weighted by molar-refractivity contribution is 7.22. The minimum Gasteiger partial charge on any atom is -0.481 e. The first-order valence-electron chi connectivity index (χ1n) is 9.26. The molecule has 5 nitrogen and oxygen atoms in total. The van der Waals surface area contributed by atoms with Crippen LogP contribution in [0.1, 0.15) is 11.1 Å². The van der Waals surface area contributed by atoms with E-state index in [2.05, 4.69) is 16.8 Å². The molecule has 0 bridgehead atoms. The first-order chi connectivity index (χ1) is 13.4. The quantitative estimate of drug-likeness (QED) is 0.688. The van der Waals surface area contributed by atoms with Crippen molar-refractivity contribution in [2.45, 2.75) is 13.3 Å². The summed E-state index contributed by atoms with van der Waals surface area (Å²) in [6.45, 7) is 5.90. The van der Waals surface area contributed by atoms with Crippen LogP contribution in [0.15, 0.2) is 30.3 Å². The van der Waals surface area contributed by atoms with E-state index in [1.54, 1.807) is 11.3 Å². The van der Waals surface area contributed by atoms with Crippen LogP contribution >= 0.6 is 22.9 Å². The molecule has 1 N–H and O–H groups in total. The number of hydrogen-bond donors (Lipinski definition) is 1. The van der Waals surface area contributed by atoms with E-state index >= 15 is 0 Å². The average molecular weight is 416 g/mol. The van der Waals surface area contributed by atoms with Crippen molar-refractivity contribution in [1.29, 1.82) is 0 Å². The van der Waals surface area contributed by atoms with Gasteiger partial charge in [-0.2, -0.15) is 0 Å². The summed E-state index contributed by atoms with van der Waals surface area (Å²) in [6, 6.07) is 9.62. The summed E-state index contributed by atoms with van der Waals surface area (Å²) in [5.41, 5.74) is 4.66. The zero-order valence-electron chi connectivity index (χ0n) is 15.9. The molecule has 2 heterocycles. The maximum Gasteiger partial charge on any atom is 0.307 e. The van der Waals surface area contributed by atoms with Crippen molar-refractivity contribution >= 4 is 44.3 Å². The molecule has 0 atom stereocenters. The van der Waals surface area contributed by atoms with E-state index in [9.17, 15) is 9.90 Å². The van der Waals surface area contributed by atoms with E-state index in [0.717, 1.165) is 63.8 Å². The number of nitrogens with zero attached hydrogens (tertiary/aromatic N) is 3. The summed E-state index contributed by atoms with van der Waals surface area (Å²) < 4.78 is 1.04. The molecule has 0 saturated carbocycles. The molecule has 3 aromatic rings. The van der Waals surface area contributed by atoms with Gasteiger partial charge in [-0.05, 0) is 48.9 Å². The number of thiazole rings is 1. The molecular formula is C21H22ClN3O2S. The van der Waals surface area contributed by atoms with Crippen molar-refractivity contribution in [3.63, 3.8) is 0 Å². The van der Waals surface area contributed by atoms with Crippen LogP contribution in [0.5, 0.6) is 0 Å². The minimum absolute atomic E-state index is 0.0124. The van der Waals surface area contributed by atoms with Gasteiger partial charge in [0.15, 0.2) is 5.13 Å². The van der Waals surface area contributed by atoms with Crippen LogP contribution < -0.4 is 4.90 Å². The molecule has 1 aromatic heterocycles. The summed E-state index contributed by atoms with van der Waals surface area (Å²) >= 11 is 7.73. The molecule has 1 aliphatic heterocycles. The van der Waals surface area contributed by atoms with E-state index in [0.29, 0.717) is 5.02 Å². The van der Waals surface area contributed by atoms with E-state index < -0.39 is 5.97 Å². The van der Waals surface area contributed by atoms with Crippen LogP contribution in [0.2, 0.25) is 5.02 Å². The predicted molar refractivity (Wildman–Crippen MR) is 116 cm³/mol. The first-order valence-corrected chi connectivity index (χ1v) is 10.5. The topological polar surface area (TPSA) is 56.7 Å². The van der Waals surface area contributed by atoms with Crippen LogP contribution in [-0.2, 0) is 11.2 Å². The van der Waals surface area contributed by atoms with Gasteiger partial charge < -0.3 is 14.9 Å². The number of aromatic nitrogens is 1. The number of rotatable bonds is 4. The molecule has 1 fully saturated rings. The number of halogens is 1. The van der Waals surface area contributed by atoms with Gasteiger partial charge in [0.05, 0.1) is 16.6 Å². The summed E-state index contributed by atoms with van der Waals surface area (Å²) in [5, 5.41) is 11.1. The summed E-state index contributed by atoms with van der Waals surface area (Å²) in [6.07, 6.45) is -0.0124. The highest BCUT2D eigenvalue weighted by Gasteiger charge is 2.22. The normalized spacial score (nSPS) is 15.3. The molecule has 28 heavy (non-hydrogen) atoms. The summed E-state index contributed by atoms with van der Waals surface area (Å²) in [5.74, 6) is -0.832. The number of piperazine rings is 1. The largest absolute Gasteiger partial charge is 0.481 e. The van der Waals surface area contributed by atoms with Crippen molar-refractivity contribution in [1.82, 2.24) is 9.88 Å². The summed E-state index contributed by atoms with van der Waals surface area (Å²) in [4.78, 5) is 21.1. The number of carbonyl (C=O) groups is 1. The highest BCUT2D eigenvalue weighted by Crippen LogP contribution is 2.41. The molecular weight excluding hydrogens is 394 g/mol. The zero-order valence-corrected chi connectivity index (χ0v) is 17.5. The molecule has 0 spiro atoms. The minimum atomic E-state index is -0.832. The Balaban J connectivity index is 1.88. The van der Waals surface area contributed by atoms with Gasteiger partial charge in [-0.1, -0.05) is 35.1 Å². The van der Waals surface area contributed by atoms with Crippen LogP contribution in [0, 0.1) is 6.92 Å². The fraction of sp³-hybridized carbons (Fsp3) is 0.333. The Kier molecular flexibility index (Phi) is 5.27. The number of benzene rings is 2. The van der Waals surface area contributed by atoms with E-state index in [4.69, 9.17) is 16.6 Å². The molecule has 0 amide bonds. The van der Waals surface area contributed by atoms with Gasteiger partial charge in [0.25, 0.3) is 0 Å². The van der Waals surface area contributed by atoms with Crippen molar-refractivity contribution in [3.05, 3.63) is 46.5 Å². The predicted octanol–water partition coefficient (Wildman–Crippen LogP) is 4.30. The van der Waals surface area contributed by atoms with E-state index in [1.807, 2.05) is 37.3 Å². The third kappa shape index (κ3) is 3.72. The Morgan fingerprint density at radius 1 is 1.21 bits per heavy atom. The Labute approximate surface area is 173 Å². The number of carboxylic acids is 1. The molecule has 0 aliphatic carbocycles. The number of aliphatic carboxylic acids is 1. The monoisotopic (exact) mass is 415 g/mol. The third-order valence-electron chi connectivity index (χ3n) is 5.23. The lowest BCUT2D eigenvalue weighted by Crippen LogP contribution is -2.44. The van der Waals surface area contributed by atoms with Gasteiger partial charge in [-0.3, -0.25) is 4.79 Å². The number of aryl methyl sites for hydroxylation is 1. The first kappa shape index (κ1) is 19.2. The molecule has 0 unspecified atom stereocenters. The lowest BCUT2D eigenvalue weighted by molar-refractivity contribution is -0.136. The molecule has 7 heteroatoms. The Morgan fingerprint density at radius 3 is 2.54 bits per heavy atom. The highest BCUT2D eigenvalue weighted by atomic mass is 35.5. The van der Waals surface area contributed by atoms with Crippen molar-refractivity contribution in [2.24, 2.45) is 0 Å². The van der Waals surface area contributed by atoms with Crippen LogP contribution in [-0.4, -0.2) is 54.2 Å². The van der Waals surface area contributed by atoms with Gasteiger partial charge in [0.1, 0.15) is 0 Å². The third-order valence-corrected chi connectivity index (χ3v) is 6.64. The Hall–Kier alpha value is -2.15. The fourth-order valence-corrected chi connectivity index (χ4v) is 4.97. The van der Waals surface area contributed by atoms with Gasteiger partial charge in [-0.25, -0.2) is 4.98 Å². The maximum absolute atomic E-state index is 11.5. The molecule has 1 aliphatic rings. The number of anilines is 1. The van der Waals surface area contributed by atoms with Crippen LogP contribution in [0.3, 0.4) is 0 Å². The average Bonchev–Trinajstić information content (AvgIpc) is 3.07. The SMILES string of the molecule is Cc1cc2nc(N3CCN(C)CC3)sc2c(-c2ccc(Cl)cc2)c1CC(=O)O. The Morgan fingerprint density at radius 2 is 1.89 bits per heavy atom. The van der Waals surface area contributed by atoms with E-state index in [-0.39, 0.29) is 6.42 Å². The van der Waals surface area contributed by atoms with Gasteiger partial charge in [0, 0.05) is 36.8 Å². The number of hydrogen-bond acceptors (Lipinski definition) is 5. The molecule has 146 valence electrons. The molecule has 2 aromatic carbocycles. The van der Waals surface area contributed by atoms with Crippen molar-refractivity contribution in [2.75, 3.05) is 38.1 Å². The van der Waals surface area contributed by atoms with Crippen molar-refractivity contribution in [3.8, 4) is 11.1 Å². The molecule has 1 saturated heterocycles.